The van der Waals surface area contributed by atoms with Gasteiger partial charge >= 0.3 is 0 Å². The Kier molecular flexibility index (Phi) is 6.32. The van der Waals surface area contributed by atoms with Gasteiger partial charge in [0, 0.05) is 23.4 Å². The highest BCUT2D eigenvalue weighted by molar-refractivity contribution is 7.93. The van der Waals surface area contributed by atoms with Gasteiger partial charge in [0.2, 0.25) is 10.0 Å². The Morgan fingerprint density at radius 3 is 2.06 bits per heavy atom. The normalized spacial score (nSPS) is 14.5. The fourth-order valence-corrected chi connectivity index (χ4v) is 5.12. The molecule has 0 atom stereocenters. The minimum absolute atomic E-state index is 0.141. The van der Waals surface area contributed by atoms with E-state index in [4.69, 9.17) is 4.74 Å². The fraction of sp³-hybridized carbons (Fsp3) is 0.167. The van der Waals surface area contributed by atoms with Gasteiger partial charge < -0.3 is 15.4 Å². The summed E-state index contributed by atoms with van der Waals surface area (Å²) in [6, 6.07) is 20.1. The van der Waals surface area contributed by atoms with E-state index in [2.05, 4.69) is 10.6 Å². The van der Waals surface area contributed by atoms with Crippen LogP contribution in [0.25, 0.3) is 0 Å². The number of para-hydroxylation sites is 2. The molecule has 170 valence electrons. The summed E-state index contributed by atoms with van der Waals surface area (Å²) in [6.07, 6.45) is 0.595. The number of sulfonamides is 1. The SMILES string of the molecule is COc1ccccc1NC(=O)c1ccc(NC(=O)c2ccc(N3CCCS3(=O)=O)cc2)cc1. The van der Waals surface area contributed by atoms with Gasteiger partial charge in [0.15, 0.2) is 0 Å². The third kappa shape index (κ3) is 4.98. The lowest BCUT2D eigenvalue weighted by Gasteiger charge is -2.17. The van der Waals surface area contributed by atoms with Crippen LogP contribution in [0.2, 0.25) is 0 Å². The van der Waals surface area contributed by atoms with Gasteiger partial charge in [0.25, 0.3) is 11.8 Å². The van der Waals surface area contributed by atoms with Gasteiger partial charge in [-0.05, 0) is 67.1 Å². The second-order valence-electron chi connectivity index (χ2n) is 7.47. The van der Waals surface area contributed by atoms with Crippen LogP contribution in [0, 0.1) is 0 Å². The van der Waals surface area contributed by atoms with Crippen molar-refractivity contribution in [2.45, 2.75) is 6.42 Å². The van der Waals surface area contributed by atoms with Crippen molar-refractivity contribution in [2.75, 3.05) is 34.3 Å². The van der Waals surface area contributed by atoms with Crippen LogP contribution in [0.5, 0.6) is 5.75 Å². The number of carbonyl (C=O) groups is 2. The number of anilines is 3. The first-order valence-electron chi connectivity index (χ1n) is 10.3. The zero-order chi connectivity index (χ0) is 23.4. The van der Waals surface area contributed by atoms with Gasteiger partial charge in [-0.3, -0.25) is 13.9 Å². The molecule has 0 saturated carbocycles. The van der Waals surface area contributed by atoms with Crippen LogP contribution in [-0.4, -0.2) is 39.6 Å². The Balaban J connectivity index is 1.39. The van der Waals surface area contributed by atoms with Crippen LogP contribution in [0.15, 0.2) is 72.8 Å². The van der Waals surface area contributed by atoms with E-state index in [0.29, 0.717) is 46.9 Å². The van der Waals surface area contributed by atoms with E-state index in [1.807, 2.05) is 6.07 Å². The summed E-state index contributed by atoms with van der Waals surface area (Å²) in [4.78, 5) is 25.1. The summed E-state index contributed by atoms with van der Waals surface area (Å²) in [6.45, 7) is 0.449. The summed E-state index contributed by atoms with van der Waals surface area (Å²) < 4.78 is 30.7. The minimum Gasteiger partial charge on any atom is -0.495 e. The van der Waals surface area contributed by atoms with Crippen molar-refractivity contribution in [1.29, 1.82) is 0 Å². The molecule has 0 unspecified atom stereocenters. The molecule has 3 aromatic carbocycles. The van der Waals surface area contributed by atoms with Gasteiger partial charge in [0.05, 0.1) is 24.2 Å². The van der Waals surface area contributed by atoms with Crippen LogP contribution in [-0.2, 0) is 10.0 Å². The summed E-state index contributed by atoms with van der Waals surface area (Å²) in [7, 11) is -1.73. The lowest BCUT2D eigenvalue weighted by atomic mass is 10.1. The van der Waals surface area contributed by atoms with Gasteiger partial charge in [-0.15, -0.1) is 0 Å². The number of carbonyl (C=O) groups excluding carboxylic acids is 2. The Hall–Kier alpha value is -3.85. The zero-order valence-electron chi connectivity index (χ0n) is 17.9. The largest absolute Gasteiger partial charge is 0.495 e. The topological polar surface area (TPSA) is 105 Å². The molecule has 4 rings (SSSR count). The van der Waals surface area contributed by atoms with Gasteiger partial charge in [0.1, 0.15) is 5.75 Å². The first-order valence-corrected chi connectivity index (χ1v) is 11.9. The van der Waals surface area contributed by atoms with Gasteiger partial charge in [-0.25, -0.2) is 8.42 Å². The molecule has 8 nitrogen and oxygen atoms in total. The number of nitrogens with zero attached hydrogens (tertiary/aromatic N) is 1. The first-order chi connectivity index (χ1) is 15.9. The summed E-state index contributed by atoms with van der Waals surface area (Å²) in [5.74, 6) is 0.0623. The quantitative estimate of drug-likeness (QED) is 0.577. The van der Waals surface area contributed by atoms with Crippen LogP contribution < -0.4 is 19.7 Å². The van der Waals surface area contributed by atoms with Crippen molar-refractivity contribution in [1.82, 2.24) is 0 Å². The predicted molar refractivity (Wildman–Crippen MR) is 128 cm³/mol. The molecule has 9 heteroatoms. The first kappa shape index (κ1) is 22.3. The molecule has 2 amide bonds. The third-order valence-corrected chi connectivity index (χ3v) is 7.15. The van der Waals surface area contributed by atoms with Crippen LogP contribution in [0.3, 0.4) is 0 Å². The van der Waals surface area contributed by atoms with Crippen molar-refractivity contribution in [3.05, 3.63) is 83.9 Å². The molecular weight excluding hydrogens is 442 g/mol. The number of methoxy groups -OCH3 is 1. The monoisotopic (exact) mass is 465 g/mol. The maximum absolute atomic E-state index is 12.6. The van der Waals surface area contributed by atoms with Crippen molar-refractivity contribution in [3.63, 3.8) is 0 Å². The number of hydrogen-bond acceptors (Lipinski definition) is 5. The lowest BCUT2D eigenvalue weighted by Crippen LogP contribution is -2.25. The molecule has 33 heavy (non-hydrogen) atoms. The summed E-state index contributed by atoms with van der Waals surface area (Å²) in [5, 5.41) is 5.57. The number of amides is 2. The standard InChI is InChI=1S/C24H23N3O5S/c1-32-22-6-3-2-5-21(22)26-24(29)17-7-11-19(12-8-17)25-23(28)18-9-13-20(14-10-18)27-15-4-16-33(27,30)31/h2-3,5-14H,4,15-16H2,1H3,(H,25,28)(H,26,29). The number of rotatable bonds is 6. The smallest absolute Gasteiger partial charge is 0.255 e. The number of benzene rings is 3. The van der Waals surface area contributed by atoms with E-state index in [0.717, 1.165) is 0 Å². The third-order valence-electron chi connectivity index (χ3n) is 5.28. The van der Waals surface area contributed by atoms with Crippen molar-refractivity contribution < 1.29 is 22.7 Å². The average molecular weight is 466 g/mol. The molecule has 0 aromatic heterocycles. The summed E-state index contributed by atoms with van der Waals surface area (Å²) >= 11 is 0. The molecule has 1 aliphatic heterocycles. The molecule has 1 heterocycles. The van der Waals surface area contributed by atoms with Crippen molar-refractivity contribution in [3.8, 4) is 5.75 Å². The molecule has 1 aliphatic rings. The van der Waals surface area contributed by atoms with Crippen molar-refractivity contribution >= 4 is 38.9 Å². The molecular formula is C24H23N3O5S. The second-order valence-corrected chi connectivity index (χ2v) is 9.49. The fourth-order valence-electron chi connectivity index (χ4n) is 3.56. The Morgan fingerprint density at radius 2 is 1.45 bits per heavy atom. The van der Waals surface area contributed by atoms with Crippen molar-refractivity contribution in [2.24, 2.45) is 0 Å². The molecule has 1 fully saturated rings. The Bertz CT molecular complexity index is 1270. The highest BCUT2D eigenvalue weighted by Crippen LogP contribution is 2.25. The Morgan fingerprint density at radius 1 is 0.848 bits per heavy atom. The molecule has 3 aromatic rings. The zero-order valence-corrected chi connectivity index (χ0v) is 18.8. The second kappa shape index (κ2) is 9.33. The van der Waals surface area contributed by atoms with Crippen LogP contribution >= 0.6 is 0 Å². The minimum atomic E-state index is -3.26. The van der Waals surface area contributed by atoms with Gasteiger partial charge in [-0.1, -0.05) is 12.1 Å². The van der Waals surface area contributed by atoms with E-state index in [1.54, 1.807) is 66.7 Å². The Labute approximate surface area is 192 Å². The maximum Gasteiger partial charge on any atom is 0.255 e. The van der Waals surface area contributed by atoms with Crippen LogP contribution in [0.1, 0.15) is 27.1 Å². The molecule has 0 radical (unpaired) electrons. The van der Waals surface area contributed by atoms with E-state index in [1.165, 1.54) is 11.4 Å². The molecule has 0 spiro atoms. The number of ether oxygens (including phenoxy) is 1. The van der Waals surface area contributed by atoms with E-state index in [-0.39, 0.29) is 17.6 Å². The molecule has 0 aliphatic carbocycles. The molecule has 1 saturated heterocycles. The van der Waals surface area contributed by atoms with E-state index in [9.17, 15) is 18.0 Å². The highest BCUT2D eigenvalue weighted by Gasteiger charge is 2.28. The van der Waals surface area contributed by atoms with E-state index < -0.39 is 10.0 Å². The highest BCUT2D eigenvalue weighted by atomic mass is 32.2. The maximum atomic E-state index is 12.6. The molecule has 0 bridgehead atoms. The average Bonchev–Trinajstić information content (AvgIpc) is 3.18. The summed E-state index contributed by atoms with van der Waals surface area (Å²) in [5.41, 5.74) is 2.46. The predicted octanol–water partition coefficient (Wildman–Crippen LogP) is 3.74. The van der Waals surface area contributed by atoms with E-state index >= 15 is 0 Å². The molecule has 2 N–H and O–H groups in total. The number of hydrogen-bond donors (Lipinski definition) is 2. The number of nitrogens with one attached hydrogen (secondary N) is 2. The van der Waals surface area contributed by atoms with Gasteiger partial charge in [-0.2, -0.15) is 0 Å². The lowest BCUT2D eigenvalue weighted by molar-refractivity contribution is 0.101. The van der Waals surface area contributed by atoms with Crippen LogP contribution in [0.4, 0.5) is 17.1 Å².